The van der Waals surface area contributed by atoms with Crippen molar-refractivity contribution in [2.45, 2.75) is 0 Å². The molecule has 1 aromatic carbocycles. The lowest BCUT2D eigenvalue weighted by Gasteiger charge is -2.09. The fourth-order valence-corrected chi connectivity index (χ4v) is 2.15. The molecule has 7 heteroatoms. The Morgan fingerprint density at radius 1 is 1.45 bits per heavy atom. The highest BCUT2D eigenvalue weighted by Gasteiger charge is 2.13. The number of aromatic nitrogens is 1. The number of anilines is 2. The minimum absolute atomic E-state index is 0.184. The van der Waals surface area contributed by atoms with Crippen LogP contribution in [0, 0.1) is 11.3 Å². The number of hydrogen-bond donors (Lipinski definition) is 2. The van der Waals surface area contributed by atoms with Gasteiger partial charge in [-0.2, -0.15) is 5.26 Å². The van der Waals surface area contributed by atoms with Crippen molar-refractivity contribution in [3.05, 3.63) is 51.2 Å². The molecule has 100 valence electrons. The zero-order chi connectivity index (χ0) is 14.7. The van der Waals surface area contributed by atoms with Crippen molar-refractivity contribution in [1.29, 1.82) is 5.26 Å². The Labute approximate surface area is 128 Å². The number of amides is 1. The van der Waals surface area contributed by atoms with Crippen LogP contribution < -0.4 is 11.1 Å². The number of nitrogens with one attached hydrogen (secondary N) is 1. The average Bonchev–Trinajstić information content (AvgIpc) is 2.43. The van der Waals surface area contributed by atoms with E-state index in [2.05, 4.69) is 26.2 Å². The van der Waals surface area contributed by atoms with E-state index in [1.54, 1.807) is 18.2 Å². The van der Waals surface area contributed by atoms with Gasteiger partial charge in [-0.3, -0.25) is 4.79 Å². The summed E-state index contributed by atoms with van der Waals surface area (Å²) in [6.45, 7) is 0. The van der Waals surface area contributed by atoms with E-state index in [1.165, 1.54) is 12.3 Å². The number of pyridine rings is 1. The first-order chi connectivity index (χ1) is 9.51. The maximum Gasteiger partial charge on any atom is 0.257 e. The molecule has 0 unspecified atom stereocenters. The second kappa shape index (κ2) is 5.90. The van der Waals surface area contributed by atoms with Gasteiger partial charge in [0.1, 0.15) is 5.15 Å². The van der Waals surface area contributed by atoms with E-state index in [4.69, 9.17) is 22.6 Å². The van der Waals surface area contributed by atoms with E-state index < -0.39 is 5.91 Å². The van der Waals surface area contributed by atoms with E-state index in [-0.39, 0.29) is 16.4 Å². The van der Waals surface area contributed by atoms with Gasteiger partial charge in [-0.15, -0.1) is 0 Å². The smallest absolute Gasteiger partial charge is 0.257 e. The fourth-order valence-electron chi connectivity index (χ4n) is 1.51. The van der Waals surface area contributed by atoms with Crippen LogP contribution in [0.15, 0.2) is 34.9 Å². The zero-order valence-corrected chi connectivity index (χ0v) is 12.4. The van der Waals surface area contributed by atoms with Crippen LogP contribution in [0.3, 0.4) is 0 Å². The van der Waals surface area contributed by atoms with Gasteiger partial charge < -0.3 is 11.1 Å². The van der Waals surface area contributed by atoms with Crippen molar-refractivity contribution in [2.24, 2.45) is 0 Å². The predicted octanol–water partition coefficient (Wildman–Crippen LogP) is 3.20. The number of nitrogens with two attached hydrogens (primary N) is 1. The molecule has 2 rings (SSSR count). The molecule has 20 heavy (non-hydrogen) atoms. The van der Waals surface area contributed by atoms with Crippen molar-refractivity contribution >= 4 is 44.8 Å². The van der Waals surface area contributed by atoms with Crippen LogP contribution in [0.25, 0.3) is 0 Å². The van der Waals surface area contributed by atoms with E-state index in [0.29, 0.717) is 15.7 Å². The average molecular weight is 352 g/mol. The molecule has 0 saturated heterocycles. The molecule has 0 fully saturated rings. The Hall–Kier alpha value is -2.10. The summed E-state index contributed by atoms with van der Waals surface area (Å²) in [5.74, 6) is -0.405. The fraction of sp³-hybridized carbons (Fsp3) is 0. The minimum Gasteiger partial charge on any atom is -0.397 e. The molecule has 0 saturated carbocycles. The monoisotopic (exact) mass is 350 g/mol. The van der Waals surface area contributed by atoms with Crippen LogP contribution in [0.5, 0.6) is 0 Å². The Bertz CT molecular complexity index is 727. The molecule has 1 heterocycles. The third kappa shape index (κ3) is 3.07. The summed E-state index contributed by atoms with van der Waals surface area (Å²) in [6.07, 6.45) is 1.32. The van der Waals surface area contributed by atoms with Crippen molar-refractivity contribution in [2.75, 3.05) is 11.1 Å². The number of benzene rings is 1. The van der Waals surface area contributed by atoms with Crippen LogP contribution >= 0.6 is 27.5 Å². The van der Waals surface area contributed by atoms with Gasteiger partial charge >= 0.3 is 0 Å². The zero-order valence-electron chi connectivity index (χ0n) is 10.0. The van der Waals surface area contributed by atoms with Crippen molar-refractivity contribution in [1.82, 2.24) is 4.98 Å². The standard InChI is InChI=1S/C13H8BrClN4O/c14-9-3-7(5-16)1-2-11(9)19-13(20)8-4-12(15)18-6-10(8)17/h1-4,6H,17H2,(H,19,20). The molecule has 0 aliphatic carbocycles. The van der Waals surface area contributed by atoms with Crippen molar-refractivity contribution in [3.63, 3.8) is 0 Å². The van der Waals surface area contributed by atoms with Crippen LogP contribution in [-0.4, -0.2) is 10.9 Å². The molecule has 1 aromatic heterocycles. The summed E-state index contributed by atoms with van der Waals surface area (Å²) in [4.78, 5) is 15.9. The first-order valence-corrected chi connectivity index (χ1v) is 6.60. The number of hydrogen-bond acceptors (Lipinski definition) is 4. The lowest BCUT2D eigenvalue weighted by molar-refractivity contribution is 0.102. The van der Waals surface area contributed by atoms with Gasteiger partial charge in [0.05, 0.1) is 34.8 Å². The Kier molecular flexibility index (Phi) is 4.23. The Morgan fingerprint density at radius 2 is 2.20 bits per heavy atom. The largest absolute Gasteiger partial charge is 0.397 e. The molecule has 0 aliphatic rings. The van der Waals surface area contributed by atoms with E-state index in [1.807, 2.05) is 6.07 Å². The summed E-state index contributed by atoms with van der Waals surface area (Å²) in [6, 6.07) is 8.24. The molecule has 0 bridgehead atoms. The summed E-state index contributed by atoms with van der Waals surface area (Å²) in [5, 5.41) is 11.7. The highest BCUT2D eigenvalue weighted by atomic mass is 79.9. The van der Waals surface area contributed by atoms with E-state index in [0.717, 1.165) is 0 Å². The molecule has 2 aromatic rings. The van der Waals surface area contributed by atoms with Crippen molar-refractivity contribution in [3.8, 4) is 6.07 Å². The molecule has 0 aliphatic heterocycles. The van der Waals surface area contributed by atoms with Gasteiger partial charge in [-0.1, -0.05) is 11.6 Å². The third-order valence-electron chi connectivity index (χ3n) is 2.49. The molecule has 0 spiro atoms. The normalized spacial score (nSPS) is 9.85. The number of nitrogens with zero attached hydrogens (tertiary/aromatic N) is 2. The van der Waals surface area contributed by atoms with Gasteiger partial charge in [0.2, 0.25) is 0 Å². The second-order valence-electron chi connectivity index (χ2n) is 3.85. The summed E-state index contributed by atoms with van der Waals surface area (Å²) >= 11 is 9.03. The van der Waals surface area contributed by atoms with Crippen molar-refractivity contribution < 1.29 is 4.79 Å². The van der Waals surface area contributed by atoms with Gasteiger partial charge in [-0.05, 0) is 40.2 Å². The quantitative estimate of drug-likeness (QED) is 0.813. The van der Waals surface area contributed by atoms with Gasteiger partial charge in [0, 0.05) is 4.47 Å². The number of carbonyl (C=O) groups is 1. The first kappa shape index (κ1) is 14.3. The number of carbonyl (C=O) groups excluding carboxylic acids is 1. The predicted molar refractivity (Wildman–Crippen MR) is 80.5 cm³/mol. The Morgan fingerprint density at radius 3 is 2.85 bits per heavy atom. The molecule has 3 N–H and O–H groups in total. The number of rotatable bonds is 2. The van der Waals surface area contributed by atoms with Crippen LogP contribution in [0.4, 0.5) is 11.4 Å². The highest BCUT2D eigenvalue weighted by Crippen LogP contribution is 2.25. The van der Waals surface area contributed by atoms with E-state index >= 15 is 0 Å². The second-order valence-corrected chi connectivity index (χ2v) is 5.10. The maximum absolute atomic E-state index is 12.1. The molecule has 0 radical (unpaired) electrons. The van der Waals surface area contributed by atoms with Crippen LogP contribution in [-0.2, 0) is 0 Å². The SMILES string of the molecule is N#Cc1ccc(NC(=O)c2cc(Cl)ncc2N)c(Br)c1. The summed E-state index contributed by atoms with van der Waals surface area (Å²) < 4.78 is 0.601. The lowest BCUT2D eigenvalue weighted by Crippen LogP contribution is -2.14. The minimum atomic E-state index is -0.405. The van der Waals surface area contributed by atoms with Gasteiger partial charge in [0.15, 0.2) is 0 Å². The maximum atomic E-state index is 12.1. The number of halogens is 2. The molecule has 0 atom stereocenters. The molecular formula is C13H8BrClN4O. The van der Waals surface area contributed by atoms with E-state index in [9.17, 15) is 4.79 Å². The molecular weight excluding hydrogens is 344 g/mol. The van der Waals surface area contributed by atoms with Crippen LogP contribution in [0.1, 0.15) is 15.9 Å². The topological polar surface area (TPSA) is 91.8 Å². The van der Waals surface area contributed by atoms with Crippen LogP contribution in [0.2, 0.25) is 5.15 Å². The van der Waals surface area contributed by atoms with Gasteiger partial charge in [-0.25, -0.2) is 4.98 Å². The first-order valence-electron chi connectivity index (χ1n) is 5.43. The lowest BCUT2D eigenvalue weighted by atomic mass is 10.2. The molecule has 1 amide bonds. The highest BCUT2D eigenvalue weighted by molar-refractivity contribution is 9.10. The number of nitriles is 1. The summed E-state index contributed by atoms with van der Waals surface area (Å²) in [5.41, 5.74) is 7.18. The number of nitrogen functional groups attached to an aromatic ring is 1. The third-order valence-corrected chi connectivity index (χ3v) is 3.36. The summed E-state index contributed by atoms with van der Waals surface area (Å²) in [7, 11) is 0. The Balaban J connectivity index is 2.28. The molecule has 5 nitrogen and oxygen atoms in total. The van der Waals surface area contributed by atoms with Gasteiger partial charge in [0.25, 0.3) is 5.91 Å².